The van der Waals surface area contributed by atoms with Crippen LogP contribution >= 0.6 is 0 Å². The second-order valence-electron chi connectivity index (χ2n) is 6.15. The van der Waals surface area contributed by atoms with Crippen LogP contribution in [0.4, 0.5) is 0 Å². The Morgan fingerprint density at radius 1 is 1.17 bits per heavy atom. The highest BCUT2D eigenvalue weighted by Gasteiger charge is 2.38. The van der Waals surface area contributed by atoms with E-state index in [-0.39, 0.29) is 11.9 Å². The van der Waals surface area contributed by atoms with E-state index in [0.29, 0.717) is 17.9 Å². The molecule has 1 rings (SSSR count). The molecule has 1 saturated carbocycles. The standard InChI is InChI=1S/C15H29NO2/c1-11(2)13(15(17)18-5)14(16(3)4)12-9-7-6-8-10-12/h11-14H,6-10H2,1-5H3. The molecule has 0 aromatic rings. The third-order valence-electron chi connectivity index (χ3n) is 4.29. The third-order valence-corrected chi connectivity index (χ3v) is 4.29. The maximum atomic E-state index is 12.1. The molecule has 3 nitrogen and oxygen atoms in total. The van der Waals surface area contributed by atoms with Gasteiger partial charge in [-0.25, -0.2) is 0 Å². The molecule has 0 heterocycles. The Bertz CT molecular complexity index is 257. The van der Waals surface area contributed by atoms with Crippen LogP contribution in [0.3, 0.4) is 0 Å². The summed E-state index contributed by atoms with van der Waals surface area (Å²) >= 11 is 0. The summed E-state index contributed by atoms with van der Waals surface area (Å²) in [5.41, 5.74) is 0. The molecule has 1 fully saturated rings. The first-order valence-electron chi connectivity index (χ1n) is 7.23. The van der Waals surface area contributed by atoms with Gasteiger partial charge in [-0.15, -0.1) is 0 Å². The van der Waals surface area contributed by atoms with E-state index in [1.165, 1.54) is 39.2 Å². The van der Waals surface area contributed by atoms with Gasteiger partial charge in [0.25, 0.3) is 0 Å². The molecule has 0 N–H and O–H groups in total. The van der Waals surface area contributed by atoms with E-state index in [1.54, 1.807) is 0 Å². The van der Waals surface area contributed by atoms with Gasteiger partial charge in [-0.1, -0.05) is 33.1 Å². The molecule has 0 aromatic carbocycles. The zero-order valence-electron chi connectivity index (χ0n) is 12.6. The van der Waals surface area contributed by atoms with Crippen molar-refractivity contribution in [3.8, 4) is 0 Å². The van der Waals surface area contributed by atoms with Crippen molar-refractivity contribution in [2.75, 3.05) is 21.2 Å². The predicted octanol–water partition coefficient (Wildman–Crippen LogP) is 2.94. The summed E-state index contributed by atoms with van der Waals surface area (Å²) in [4.78, 5) is 14.3. The average Bonchev–Trinajstić information content (AvgIpc) is 2.35. The Hall–Kier alpha value is -0.570. The number of hydrogen-bond donors (Lipinski definition) is 0. The molecule has 0 bridgehead atoms. The van der Waals surface area contributed by atoms with Crippen molar-refractivity contribution in [2.45, 2.75) is 52.0 Å². The fourth-order valence-corrected chi connectivity index (χ4v) is 3.45. The highest BCUT2D eigenvalue weighted by atomic mass is 16.5. The molecule has 0 spiro atoms. The van der Waals surface area contributed by atoms with Crippen molar-refractivity contribution in [3.05, 3.63) is 0 Å². The molecular weight excluding hydrogens is 226 g/mol. The fraction of sp³-hybridized carbons (Fsp3) is 0.933. The lowest BCUT2D eigenvalue weighted by Gasteiger charge is -2.40. The number of ether oxygens (including phenoxy) is 1. The van der Waals surface area contributed by atoms with Crippen molar-refractivity contribution in [3.63, 3.8) is 0 Å². The molecule has 18 heavy (non-hydrogen) atoms. The van der Waals surface area contributed by atoms with Crippen LogP contribution < -0.4 is 0 Å². The Morgan fingerprint density at radius 3 is 2.11 bits per heavy atom. The van der Waals surface area contributed by atoms with Crippen molar-refractivity contribution < 1.29 is 9.53 Å². The van der Waals surface area contributed by atoms with Gasteiger partial charge in [0, 0.05) is 6.04 Å². The van der Waals surface area contributed by atoms with Gasteiger partial charge >= 0.3 is 5.97 Å². The first-order chi connectivity index (χ1) is 8.49. The van der Waals surface area contributed by atoms with E-state index in [2.05, 4.69) is 32.8 Å². The minimum Gasteiger partial charge on any atom is -0.469 e. The van der Waals surface area contributed by atoms with Crippen molar-refractivity contribution >= 4 is 5.97 Å². The zero-order chi connectivity index (χ0) is 13.7. The second kappa shape index (κ2) is 7.13. The normalized spacial score (nSPS) is 21.1. The Labute approximate surface area is 112 Å². The minimum atomic E-state index is -0.0470. The maximum Gasteiger partial charge on any atom is 0.310 e. The number of methoxy groups -OCH3 is 1. The van der Waals surface area contributed by atoms with Gasteiger partial charge in [0.2, 0.25) is 0 Å². The Kier molecular flexibility index (Phi) is 6.13. The highest BCUT2D eigenvalue weighted by molar-refractivity contribution is 5.73. The second-order valence-corrected chi connectivity index (χ2v) is 6.15. The SMILES string of the molecule is COC(=O)C(C(C)C)C(C1CCCCC1)N(C)C. The molecule has 106 valence electrons. The van der Waals surface area contributed by atoms with Gasteiger partial charge in [-0.05, 0) is 38.8 Å². The van der Waals surface area contributed by atoms with Crippen LogP contribution in [0.2, 0.25) is 0 Å². The largest absolute Gasteiger partial charge is 0.469 e. The Balaban J connectivity index is 2.88. The van der Waals surface area contributed by atoms with Crippen molar-refractivity contribution in [1.82, 2.24) is 4.90 Å². The number of esters is 1. The first kappa shape index (κ1) is 15.5. The molecule has 0 amide bonds. The number of hydrogen-bond acceptors (Lipinski definition) is 3. The van der Waals surface area contributed by atoms with Crippen LogP contribution in [-0.2, 0) is 9.53 Å². The minimum absolute atomic E-state index is 0.00639. The van der Waals surface area contributed by atoms with Gasteiger partial charge < -0.3 is 9.64 Å². The number of nitrogens with zero attached hydrogens (tertiary/aromatic N) is 1. The number of carbonyl (C=O) groups excluding carboxylic acids is 1. The summed E-state index contributed by atoms with van der Waals surface area (Å²) in [6, 6.07) is 0.317. The van der Waals surface area contributed by atoms with Gasteiger partial charge in [-0.3, -0.25) is 4.79 Å². The van der Waals surface area contributed by atoms with Gasteiger partial charge in [-0.2, -0.15) is 0 Å². The van der Waals surface area contributed by atoms with Crippen molar-refractivity contribution in [1.29, 1.82) is 0 Å². The molecule has 1 aliphatic rings. The molecule has 1 aliphatic carbocycles. The quantitative estimate of drug-likeness (QED) is 0.707. The summed E-state index contributed by atoms with van der Waals surface area (Å²) < 4.78 is 5.03. The molecule has 0 aliphatic heterocycles. The molecule has 0 radical (unpaired) electrons. The zero-order valence-corrected chi connectivity index (χ0v) is 12.6. The van der Waals surface area contributed by atoms with E-state index in [4.69, 9.17) is 4.74 Å². The van der Waals surface area contributed by atoms with Gasteiger partial charge in [0.05, 0.1) is 13.0 Å². The Morgan fingerprint density at radius 2 is 1.72 bits per heavy atom. The van der Waals surface area contributed by atoms with E-state index >= 15 is 0 Å². The molecule has 2 atom stereocenters. The summed E-state index contributed by atoms with van der Waals surface area (Å²) in [7, 11) is 5.69. The monoisotopic (exact) mass is 255 g/mol. The molecule has 2 unspecified atom stereocenters. The van der Waals surface area contributed by atoms with E-state index in [0.717, 1.165) is 0 Å². The lowest BCUT2D eigenvalue weighted by Crippen LogP contribution is -2.47. The van der Waals surface area contributed by atoms with Crippen LogP contribution in [0.1, 0.15) is 46.0 Å². The van der Waals surface area contributed by atoms with E-state index in [1.807, 2.05) is 0 Å². The molecular formula is C15H29NO2. The van der Waals surface area contributed by atoms with E-state index < -0.39 is 0 Å². The first-order valence-corrected chi connectivity index (χ1v) is 7.23. The van der Waals surface area contributed by atoms with Crippen LogP contribution in [0.25, 0.3) is 0 Å². The average molecular weight is 255 g/mol. The lowest BCUT2D eigenvalue weighted by molar-refractivity contribution is -0.151. The van der Waals surface area contributed by atoms with Crippen LogP contribution in [0.5, 0.6) is 0 Å². The lowest BCUT2D eigenvalue weighted by atomic mass is 9.74. The molecule has 0 aromatic heterocycles. The topological polar surface area (TPSA) is 29.5 Å². The van der Waals surface area contributed by atoms with Crippen molar-refractivity contribution in [2.24, 2.45) is 17.8 Å². The molecule has 3 heteroatoms. The maximum absolute atomic E-state index is 12.1. The highest BCUT2D eigenvalue weighted by Crippen LogP contribution is 2.34. The van der Waals surface area contributed by atoms with Crippen LogP contribution in [0.15, 0.2) is 0 Å². The summed E-state index contributed by atoms with van der Waals surface area (Å²) in [6.45, 7) is 4.25. The smallest absolute Gasteiger partial charge is 0.310 e. The number of rotatable bonds is 5. The van der Waals surface area contributed by atoms with Crippen LogP contribution in [0, 0.1) is 17.8 Å². The number of carbonyl (C=O) groups is 1. The summed E-state index contributed by atoms with van der Waals surface area (Å²) in [5, 5.41) is 0. The predicted molar refractivity (Wildman–Crippen MR) is 74.4 cm³/mol. The summed E-state index contributed by atoms with van der Waals surface area (Å²) in [6.07, 6.45) is 6.47. The fourth-order valence-electron chi connectivity index (χ4n) is 3.45. The van der Waals surface area contributed by atoms with E-state index in [9.17, 15) is 4.79 Å². The van der Waals surface area contributed by atoms with Gasteiger partial charge in [0.15, 0.2) is 0 Å². The van der Waals surface area contributed by atoms with Gasteiger partial charge in [0.1, 0.15) is 0 Å². The third kappa shape index (κ3) is 3.71. The molecule has 0 saturated heterocycles. The summed E-state index contributed by atoms with van der Waals surface area (Å²) in [5.74, 6) is 0.911. The van der Waals surface area contributed by atoms with Crippen LogP contribution in [-0.4, -0.2) is 38.1 Å².